The van der Waals surface area contributed by atoms with Crippen molar-refractivity contribution in [3.8, 4) is 0 Å². The Hall–Kier alpha value is -2.27. The Morgan fingerprint density at radius 1 is 0.792 bits per heavy atom. The van der Waals surface area contributed by atoms with E-state index in [0.29, 0.717) is 19.5 Å². The maximum absolute atomic E-state index is 12.9. The van der Waals surface area contributed by atoms with Crippen LogP contribution in [0.3, 0.4) is 0 Å². The Morgan fingerprint density at radius 2 is 1.29 bits per heavy atom. The summed E-state index contributed by atoms with van der Waals surface area (Å²) in [5, 5.41) is 0. The molecule has 0 N–H and O–H groups in total. The Bertz CT molecular complexity index is 678. The van der Waals surface area contributed by atoms with E-state index >= 15 is 0 Å². The number of hydrogen-bond donors (Lipinski definition) is 0. The second-order valence-corrected chi connectivity index (χ2v) is 6.09. The van der Waals surface area contributed by atoms with Gasteiger partial charge in [0.15, 0.2) is 0 Å². The van der Waals surface area contributed by atoms with E-state index < -0.39 is 0 Å². The number of hydrogen-bond acceptors (Lipinski definition) is 2. The SMILES string of the molecule is O=C(Cc1ccc(F)cc1)N1CCN(Cc2ccc(F)cc2)CC1. The van der Waals surface area contributed by atoms with Gasteiger partial charge >= 0.3 is 0 Å². The van der Waals surface area contributed by atoms with Gasteiger partial charge in [0.2, 0.25) is 5.91 Å². The summed E-state index contributed by atoms with van der Waals surface area (Å²) in [5.41, 5.74) is 1.90. The van der Waals surface area contributed by atoms with E-state index in [1.54, 1.807) is 24.3 Å². The molecule has 5 heteroatoms. The molecule has 3 nitrogen and oxygen atoms in total. The molecule has 0 aromatic heterocycles. The average Bonchev–Trinajstić information content (AvgIpc) is 2.59. The van der Waals surface area contributed by atoms with E-state index in [1.165, 1.54) is 24.3 Å². The van der Waals surface area contributed by atoms with Gasteiger partial charge in [-0.05, 0) is 35.4 Å². The molecule has 3 rings (SSSR count). The maximum Gasteiger partial charge on any atom is 0.227 e. The molecule has 0 unspecified atom stereocenters. The van der Waals surface area contributed by atoms with E-state index in [2.05, 4.69) is 4.90 Å². The highest BCUT2D eigenvalue weighted by molar-refractivity contribution is 5.78. The van der Waals surface area contributed by atoms with Crippen molar-refractivity contribution < 1.29 is 13.6 Å². The van der Waals surface area contributed by atoms with Crippen LogP contribution < -0.4 is 0 Å². The Kier molecular flexibility index (Phi) is 5.20. The monoisotopic (exact) mass is 330 g/mol. The van der Waals surface area contributed by atoms with Crippen LogP contribution in [0, 0.1) is 11.6 Å². The van der Waals surface area contributed by atoms with Crippen molar-refractivity contribution in [1.29, 1.82) is 0 Å². The van der Waals surface area contributed by atoms with Crippen molar-refractivity contribution in [3.63, 3.8) is 0 Å². The van der Waals surface area contributed by atoms with E-state index in [1.807, 2.05) is 4.90 Å². The van der Waals surface area contributed by atoms with Crippen molar-refractivity contribution in [3.05, 3.63) is 71.3 Å². The van der Waals surface area contributed by atoms with Gasteiger partial charge in [-0.15, -0.1) is 0 Å². The highest BCUT2D eigenvalue weighted by Gasteiger charge is 2.21. The zero-order chi connectivity index (χ0) is 16.9. The normalized spacial score (nSPS) is 15.5. The molecule has 2 aromatic carbocycles. The molecule has 1 aliphatic heterocycles. The highest BCUT2D eigenvalue weighted by Crippen LogP contribution is 2.11. The highest BCUT2D eigenvalue weighted by atomic mass is 19.1. The van der Waals surface area contributed by atoms with Crippen molar-refractivity contribution in [1.82, 2.24) is 9.80 Å². The first-order chi connectivity index (χ1) is 11.6. The first-order valence-corrected chi connectivity index (χ1v) is 8.09. The molecule has 1 aliphatic rings. The molecule has 1 fully saturated rings. The summed E-state index contributed by atoms with van der Waals surface area (Å²) in [5.74, 6) is -0.446. The largest absolute Gasteiger partial charge is 0.340 e. The molecule has 2 aromatic rings. The minimum absolute atomic E-state index is 0.0723. The Balaban J connectivity index is 1.48. The summed E-state index contributed by atoms with van der Waals surface area (Å²) in [6.45, 7) is 3.72. The number of halogens is 2. The first kappa shape index (κ1) is 16.6. The molecule has 1 heterocycles. The van der Waals surface area contributed by atoms with Gasteiger partial charge in [0, 0.05) is 32.7 Å². The fourth-order valence-electron chi connectivity index (χ4n) is 2.89. The summed E-state index contributed by atoms with van der Waals surface area (Å²) >= 11 is 0. The molecule has 0 spiro atoms. The van der Waals surface area contributed by atoms with E-state index in [4.69, 9.17) is 0 Å². The van der Waals surface area contributed by atoms with Gasteiger partial charge in [0.1, 0.15) is 11.6 Å². The molecule has 0 saturated carbocycles. The van der Waals surface area contributed by atoms with Gasteiger partial charge in [-0.1, -0.05) is 24.3 Å². The molecule has 0 radical (unpaired) electrons. The molecule has 126 valence electrons. The van der Waals surface area contributed by atoms with E-state index in [9.17, 15) is 13.6 Å². The van der Waals surface area contributed by atoms with Crippen LogP contribution in [0.1, 0.15) is 11.1 Å². The van der Waals surface area contributed by atoms with Crippen LogP contribution >= 0.6 is 0 Å². The van der Waals surface area contributed by atoms with Crippen LogP contribution in [0.25, 0.3) is 0 Å². The average molecular weight is 330 g/mol. The summed E-state index contributed by atoms with van der Waals surface area (Å²) in [6, 6.07) is 12.6. The molecule has 0 bridgehead atoms. The van der Waals surface area contributed by atoms with Gasteiger partial charge < -0.3 is 4.90 Å². The van der Waals surface area contributed by atoms with Crippen LogP contribution in [0.15, 0.2) is 48.5 Å². The van der Waals surface area contributed by atoms with Crippen LogP contribution in [0.4, 0.5) is 8.78 Å². The number of nitrogens with zero attached hydrogens (tertiary/aromatic N) is 2. The van der Waals surface area contributed by atoms with E-state index in [0.717, 1.165) is 30.8 Å². The zero-order valence-electron chi connectivity index (χ0n) is 13.4. The maximum atomic E-state index is 12.9. The number of amides is 1. The van der Waals surface area contributed by atoms with Crippen molar-refractivity contribution >= 4 is 5.91 Å². The minimum Gasteiger partial charge on any atom is -0.340 e. The summed E-state index contributed by atoms with van der Waals surface area (Å²) < 4.78 is 25.8. The lowest BCUT2D eigenvalue weighted by Crippen LogP contribution is -2.48. The molecule has 1 amide bonds. The molecular weight excluding hydrogens is 310 g/mol. The number of piperazine rings is 1. The van der Waals surface area contributed by atoms with Crippen LogP contribution in [-0.4, -0.2) is 41.9 Å². The van der Waals surface area contributed by atoms with Gasteiger partial charge in [0.25, 0.3) is 0 Å². The third kappa shape index (κ3) is 4.38. The quantitative estimate of drug-likeness (QED) is 0.861. The molecule has 1 saturated heterocycles. The van der Waals surface area contributed by atoms with Crippen molar-refractivity contribution in [2.24, 2.45) is 0 Å². The summed E-state index contributed by atoms with van der Waals surface area (Å²) in [4.78, 5) is 16.4. The molecule has 24 heavy (non-hydrogen) atoms. The fourth-order valence-corrected chi connectivity index (χ4v) is 2.89. The fraction of sp³-hybridized carbons (Fsp3) is 0.316. The lowest BCUT2D eigenvalue weighted by Gasteiger charge is -2.34. The minimum atomic E-state index is -0.291. The zero-order valence-corrected chi connectivity index (χ0v) is 13.4. The van der Waals surface area contributed by atoms with Gasteiger partial charge in [-0.25, -0.2) is 8.78 Å². The standard InChI is InChI=1S/C19H20F2N2O/c20-17-5-1-15(2-6-17)13-19(24)23-11-9-22(10-12-23)14-16-3-7-18(21)8-4-16/h1-8H,9-14H2. The van der Waals surface area contributed by atoms with E-state index in [-0.39, 0.29) is 17.5 Å². The topological polar surface area (TPSA) is 23.6 Å². The molecule has 0 aliphatic carbocycles. The van der Waals surface area contributed by atoms with Crippen molar-refractivity contribution in [2.45, 2.75) is 13.0 Å². The molecular formula is C19H20F2N2O. The number of benzene rings is 2. The number of carbonyl (C=O) groups excluding carboxylic acids is 1. The molecule has 0 atom stereocenters. The summed E-state index contributed by atoms with van der Waals surface area (Å²) in [6.07, 6.45) is 0.304. The Morgan fingerprint density at radius 3 is 1.83 bits per heavy atom. The summed E-state index contributed by atoms with van der Waals surface area (Å²) in [7, 11) is 0. The second-order valence-electron chi connectivity index (χ2n) is 6.09. The number of rotatable bonds is 4. The Labute approximate surface area is 140 Å². The van der Waals surface area contributed by atoms with Crippen LogP contribution in [0.5, 0.6) is 0 Å². The van der Waals surface area contributed by atoms with Gasteiger partial charge in [-0.3, -0.25) is 9.69 Å². The van der Waals surface area contributed by atoms with Crippen LogP contribution in [-0.2, 0) is 17.8 Å². The predicted octanol–water partition coefficient (Wildman–Crippen LogP) is 2.85. The second kappa shape index (κ2) is 7.53. The number of carbonyl (C=O) groups is 1. The van der Waals surface area contributed by atoms with Crippen LogP contribution in [0.2, 0.25) is 0 Å². The predicted molar refractivity (Wildman–Crippen MR) is 88.4 cm³/mol. The smallest absolute Gasteiger partial charge is 0.227 e. The lowest BCUT2D eigenvalue weighted by atomic mass is 10.1. The lowest BCUT2D eigenvalue weighted by molar-refractivity contribution is -0.132. The van der Waals surface area contributed by atoms with Gasteiger partial charge in [0.05, 0.1) is 6.42 Å². The van der Waals surface area contributed by atoms with Gasteiger partial charge in [-0.2, -0.15) is 0 Å². The third-order valence-electron chi connectivity index (χ3n) is 4.31. The third-order valence-corrected chi connectivity index (χ3v) is 4.31. The van der Waals surface area contributed by atoms with Crippen molar-refractivity contribution in [2.75, 3.05) is 26.2 Å². The first-order valence-electron chi connectivity index (χ1n) is 8.09.